The summed E-state index contributed by atoms with van der Waals surface area (Å²) >= 11 is 0.789. The first-order valence-electron chi connectivity index (χ1n) is 10.7. The number of aromatic nitrogens is 1. The predicted molar refractivity (Wildman–Crippen MR) is 119 cm³/mol. The highest BCUT2D eigenvalue weighted by atomic mass is 32.1. The van der Waals surface area contributed by atoms with Crippen molar-refractivity contribution in [2.45, 2.75) is 38.5 Å². The van der Waals surface area contributed by atoms with Crippen molar-refractivity contribution in [1.29, 1.82) is 0 Å². The van der Waals surface area contributed by atoms with Crippen LogP contribution in [0.2, 0.25) is 0 Å². The molecule has 1 atom stereocenters. The summed E-state index contributed by atoms with van der Waals surface area (Å²) in [5.41, 5.74) is -0.540. The van der Waals surface area contributed by atoms with E-state index in [0.717, 1.165) is 50.3 Å². The van der Waals surface area contributed by atoms with Crippen LogP contribution in [-0.4, -0.2) is 61.2 Å². The number of alkyl halides is 1. The van der Waals surface area contributed by atoms with Gasteiger partial charge in [0.15, 0.2) is 17.1 Å². The van der Waals surface area contributed by atoms with Gasteiger partial charge in [0.25, 0.3) is 0 Å². The molecule has 8 nitrogen and oxygen atoms in total. The number of nitrogens with zero attached hydrogens (tertiary/aromatic N) is 2. The normalized spacial score (nSPS) is 15.9. The predicted octanol–water partition coefficient (Wildman–Crippen LogP) is 3.95. The van der Waals surface area contributed by atoms with Gasteiger partial charge in [-0.05, 0) is 49.5 Å². The molecule has 0 spiro atoms. The molecule has 1 N–H and O–H groups in total. The number of likely N-dealkylation sites (tertiary alicyclic amines) is 1. The van der Waals surface area contributed by atoms with Gasteiger partial charge < -0.3 is 24.4 Å². The molecule has 2 heterocycles. The van der Waals surface area contributed by atoms with Crippen molar-refractivity contribution in [3.63, 3.8) is 0 Å². The summed E-state index contributed by atoms with van der Waals surface area (Å²) < 4.78 is 60.7. The Morgan fingerprint density at radius 3 is 2.74 bits per heavy atom. The maximum atomic E-state index is 14.4. The Balaban J connectivity index is 1.60. The lowest BCUT2D eigenvalue weighted by molar-refractivity contribution is -0.116. The molecule has 0 aliphatic carbocycles. The number of ether oxygens (including phenoxy) is 3. The molecule has 3 rings (SSSR count). The highest BCUT2D eigenvalue weighted by Crippen LogP contribution is 2.33. The van der Waals surface area contributed by atoms with Crippen molar-refractivity contribution in [3.8, 4) is 11.6 Å². The first-order valence-corrected chi connectivity index (χ1v) is 11.5. The topological polar surface area (TPSA) is 90.0 Å². The Hall–Kier alpha value is -2.86. The van der Waals surface area contributed by atoms with Crippen LogP contribution >= 0.6 is 11.5 Å². The van der Waals surface area contributed by atoms with Crippen LogP contribution < -0.4 is 14.8 Å². The Morgan fingerprint density at radius 1 is 1.26 bits per heavy atom. The number of hydrogen-bond donors (Lipinski definition) is 1. The van der Waals surface area contributed by atoms with Crippen LogP contribution in [0.4, 0.5) is 18.2 Å². The quantitative estimate of drug-likeness (QED) is 0.368. The highest BCUT2D eigenvalue weighted by Gasteiger charge is 2.26. The molecular formula is C22H26F3N3O5S. The number of unbranched alkanes of at least 4 members (excludes halogenated alkanes) is 1. The monoisotopic (exact) mass is 501 g/mol. The highest BCUT2D eigenvalue weighted by molar-refractivity contribution is 7.11. The maximum absolute atomic E-state index is 14.4. The van der Waals surface area contributed by atoms with Crippen LogP contribution in [0.5, 0.6) is 11.6 Å². The number of hydrogen-bond acceptors (Lipinski definition) is 8. The first-order chi connectivity index (χ1) is 16.3. The average molecular weight is 502 g/mol. The van der Waals surface area contributed by atoms with Gasteiger partial charge in [0.1, 0.15) is 23.6 Å². The zero-order valence-electron chi connectivity index (χ0n) is 18.9. The van der Waals surface area contributed by atoms with E-state index in [4.69, 9.17) is 14.2 Å². The number of anilines is 1. The van der Waals surface area contributed by atoms with Crippen LogP contribution in [0.3, 0.4) is 0 Å². The van der Waals surface area contributed by atoms with Gasteiger partial charge in [0.05, 0.1) is 19.8 Å². The van der Waals surface area contributed by atoms with Gasteiger partial charge in [-0.1, -0.05) is 0 Å². The zero-order valence-corrected chi connectivity index (χ0v) is 19.7. The summed E-state index contributed by atoms with van der Waals surface area (Å²) in [6, 6.07) is 2.18. The minimum atomic E-state index is -0.929. The molecule has 1 amide bonds. The number of rotatable bonds is 11. The van der Waals surface area contributed by atoms with E-state index < -0.39 is 35.9 Å². The van der Waals surface area contributed by atoms with E-state index in [1.165, 1.54) is 7.11 Å². The third-order valence-corrected chi connectivity index (χ3v) is 6.12. The van der Waals surface area contributed by atoms with Crippen LogP contribution in [0.15, 0.2) is 12.1 Å². The molecule has 0 saturated carbocycles. The fourth-order valence-corrected chi connectivity index (χ4v) is 4.29. The Bertz CT molecular complexity index is 1020. The van der Waals surface area contributed by atoms with E-state index in [0.29, 0.717) is 19.4 Å². The van der Waals surface area contributed by atoms with Crippen molar-refractivity contribution in [3.05, 3.63) is 34.9 Å². The van der Waals surface area contributed by atoms with E-state index in [-0.39, 0.29) is 34.5 Å². The molecule has 0 bridgehead atoms. The van der Waals surface area contributed by atoms with Crippen LogP contribution in [0, 0.1) is 11.6 Å². The van der Waals surface area contributed by atoms with Crippen molar-refractivity contribution in [2.24, 2.45) is 0 Å². The van der Waals surface area contributed by atoms with Crippen molar-refractivity contribution in [1.82, 2.24) is 9.27 Å². The number of halogens is 3. The minimum absolute atomic E-state index is 0.109. The third-order valence-electron chi connectivity index (χ3n) is 5.37. The summed E-state index contributed by atoms with van der Waals surface area (Å²) in [5, 5.41) is 2.72. The summed E-state index contributed by atoms with van der Waals surface area (Å²) in [4.78, 5) is 26.7. The lowest BCUT2D eigenvalue weighted by atomic mass is 10.2. The molecule has 1 saturated heterocycles. The fraction of sp³-hybridized carbons (Fsp3) is 0.500. The molecular weight excluding hydrogens is 475 g/mol. The van der Waals surface area contributed by atoms with E-state index in [1.54, 1.807) is 0 Å². The van der Waals surface area contributed by atoms with E-state index >= 15 is 0 Å². The number of benzene rings is 1. The maximum Gasteiger partial charge on any atom is 0.346 e. The lowest BCUT2D eigenvalue weighted by Crippen LogP contribution is -2.22. The molecule has 0 radical (unpaired) electrons. The molecule has 34 heavy (non-hydrogen) atoms. The molecule has 1 aromatic carbocycles. The number of methoxy groups -OCH3 is 2. The number of amides is 1. The standard InChI is InChI=1S/C22H26F3N3O5S/c1-31-16-7-6-15(24)14(19(16)25)12-33-20-18(22(30)32-2)21(34-27-20)26-17(29)5-3-4-9-28-10-8-13(23)11-28/h6-7,13H,3-5,8-12H2,1-2H3,(H,26,29)/t13-/m1/s1. The van der Waals surface area contributed by atoms with E-state index in [2.05, 4.69) is 9.69 Å². The SMILES string of the molecule is COC(=O)c1c(OCc2c(F)ccc(OC)c2F)nsc1NC(=O)CCCCN1CC[C@@H](F)C1. The second-order valence-electron chi connectivity index (χ2n) is 7.71. The van der Waals surface area contributed by atoms with Crippen LogP contribution in [0.25, 0.3) is 0 Å². The van der Waals surface area contributed by atoms with Crippen LogP contribution in [0.1, 0.15) is 41.6 Å². The molecule has 0 unspecified atom stereocenters. The molecule has 186 valence electrons. The molecule has 2 aromatic rings. The number of esters is 1. The summed E-state index contributed by atoms with van der Waals surface area (Å²) in [7, 11) is 2.40. The third kappa shape index (κ3) is 6.38. The van der Waals surface area contributed by atoms with Crippen LogP contribution in [-0.2, 0) is 16.1 Å². The van der Waals surface area contributed by atoms with E-state index in [9.17, 15) is 22.8 Å². The van der Waals surface area contributed by atoms with E-state index in [1.807, 2.05) is 4.90 Å². The average Bonchev–Trinajstić information content (AvgIpc) is 3.41. The second kappa shape index (κ2) is 12.0. The molecule has 1 fully saturated rings. The number of carbonyl (C=O) groups excluding carboxylic acids is 2. The van der Waals surface area contributed by atoms with Crippen molar-refractivity contribution >= 4 is 28.4 Å². The smallest absolute Gasteiger partial charge is 0.346 e. The summed E-state index contributed by atoms with van der Waals surface area (Å²) in [6.45, 7) is 1.31. The van der Waals surface area contributed by atoms with Crippen molar-refractivity contribution < 1.29 is 37.0 Å². The van der Waals surface area contributed by atoms with Gasteiger partial charge in [0, 0.05) is 19.5 Å². The number of nitrogens with one attached hydrogen (secondary N) is 1. The minimum Gasteiger partial charge on any atom is -0.494 e. The number of carbonyl (C=O) groups is 2. The lowest BCUT2D eigenvalue weighted by Gasteiger charge is -2.13. The molecule has 1 aliphatic heterocycles. The Labute approximate surface area is 199 Å². The fourth-order valence-electron chi connectivity index (χ4n) is 3.55. The van der Waals surface area contributed by atoms with Gasteiger partial charge in [-0.25, -0.2) is 18.0 Å². The molecule has 12 heteroatoms. The van der Waals surface area contributed by atoms with Gasteiger partial charge in [-0.15, -0.1) is 0 Å². The first kappa shape index (κ1) is 25.8. The Morgan fingerprint density at radius 2 is 2.06 bits per heavy atom. The van der Waals surface area contributed by atoms with Gasteiger partial charge >= 0.3 is 5.97 Å². The zero-order chi connectivity index (χ0) is 24.7. The van der Waals surface area contributed by atoms with Crippen molar-refractivity contribution in [2.75, 3.05) is 39.2 Å². The Kier molecular flexibility index (Phi) is 9.11. The van der Waals surface area contributed by atoms with Gasteiger partial charge in [-0.3, -0.25) is 4.79 Å². The summed E-state index contributed by atoms with van der Waals surface area (Å²) in [6.07, 6.45) is 1.29. The molecule has 1 aromatic heterocycles. The largest absolute Gasteiger partial charge is 0.494 e. The second-order valence-corrected chi connectivity index (χ2v) is 8.48. The van der Waals surface area contributed by atoms with Gasteiger partial charge in [0.2, 0.25) is 11.8 Å². The molecule has 1 aliphatic rings. The van der Waals surface area contributed by atoms with Gasteiger partial charge in [-0.2, -0.15) is 4.37 Å². The summed E-state index contributed by atoms with van der Waals surface area (Å²) in [5.74, 6) is -3.31.